The van der Waals surface area contributed by atoms with Gasteiger partial charge in [0.2, 0.25) is 5.82 Å². The third-order valence-electron chi connectivity index (χ3n) is 2.58. The summed E-state index contributed by atoms with van der Waals surface area (Å²) in [4.78, 5) is 6.62. The summed E-state index contributed by atoms with van der Waals surface area (Å²) >= 11 is 5.58. The van der Waals surface area contributed by atoms with Crippen LogP contribution in [0.25, 0.3) is 0 Å². The van der Waals surface area contributed by atoms with E-state index in [9.17, 15) is 13.2 Å². The van der Waals surface area contributed by atoms with Crippen molar-refractivity contribution in [1.82, 2.24) is 9.97 Å². The van der Waals surface area contributed by atoms with Gasteiger partial charge in [-0.25, -0.2) is 9.97 Å². The highest BCUT2D eigenvalue weighted by atomic mass is 35.5. The van der Waals surface area contributed by atoms with E-state index >= 15 is 0 Å². The highest BCUT2D eigenvalue weighted by Gasteiger charge is 2.35. The van der Waals surface area contributed by atoms with Gasteiger partial charge < -0.3 is 5.32 Å². The van der Waals surface area contributed by atoms with Gasteiger partial charge in [-0.3, -0.25) is 0 Å². The predicted octanol–water partition coefficient (Wildman–Crippen LogP) is 4.53. The molecule has 1 heterocycles. The Labute approximate surface area is 115 Å². The fourth-order valence-corrected chi connectivity index (χ4v) is 1.83. The van der Waals surface area contributed by atoms with Crippen molar-refractivity contribution in [3.63, 3.8) is 0 Å². The van der Waals surface area contributed by atoms with Crippen molar-refractivity contribution in [3.8, 4) is 0 Å². The molecule has 0 aliphatic rings. The Morgan fingerprint density at radius 1 is 1.32 bits per heavy atom. The maximum absolute atomic E-state index is 12.5. The molecule has 0 saturated carbocycles. The van der Waals surface area contributed by atoms with Crippen LogP contribution in [0.4, 0.5) is 19.0 Å². The molecule has 0 aromatic carbocycles. The van der Waals surface area contributed by atoms with Crippen molar-refractivity contribution >= 4 is 17.4 Å². The van der Waals surface area contributed by atoms with Crippen molar-refractivity contribution in [3.05, 3.63) is 17.0 Å². The molecule has 19 heavy (non-hydrogen) atoms. The second-order valence-electron chi connectivity index (χ2n) is 4.44. The summed E-state index contributed by atoms with van der Waals surface area (Å²) in [6, 6.07) is 1.34. The van der Waals surface area contributed by atoms with E-state index in [4.69, 9.17) is 11.6 Å². The SMILES string of the molecule is CCCCCC(C)Nc1cc(Cl)nc(C(F)(F)F)n1. The average molecular weight is 296 g/mol. The van der Waals surface area contributed by atoms with Gasteiger partial charge in [-0.1, -0.05) is 37.8 Å². The van der Waals surface area contributed by atoms with E-state index in [2.05, 4.69) is 22.2 Å². The predicted molar refractivity (Wildman–Crippen MR) is 69.3 cm³/mol. The highest BCUT2D eigenvalue weighted by molar-refractivity contribution is 6.29. The summed E-state index contributed by atoms with van der Waals surface area (Å²) in [5.41, 5.74) is 0. The lowest BCUT2D eigenvalue weighted by Crippen LogP contribution is -2.18. The first-order chi connectivity index (χ1) is 8.82. The Morgan fingerprint density at radius 2 is 2.00 bits per heavy atom. The molecule has 108 valence electrons. The van der Waals surface area contributed by atoms with E-state index in [0.29, 0.717) is 0 Å². The number of hydrogen-bond acceptors (Lipinski definition) is 3. The average Bonchev–Trinajstić information content (AvgIpc) is 2.27. The van der Waals surface area contributed by atoms with Crippen molar-refractivity contribution in [2.24, 2.45) is 0 Å². The molecule has 1 atom stereocenters. The molecule has 1 unspecified atom stereocenters. The van der Waals surface area contributed by atoms with E-state index < -0.39 is 12.0 Å². The Balaban J connectivity index is 2.70. The van der Waals surface area contributed by atoms with Crippen LogP contribution in [0.5, 0.6) is 0 Å². The molecule has 0 aliphatic carbocycles. The van der Waals surface area contributed by atoms with Crippen molar-refractivity contribution in [2.75, 3.05) is 5.32 Å². The molecule has 1 rings (SSSR count). The van der Waals surface area contributed by atoms with Crippen molar-refractivity contribution in [1.29, 1.82) is 0 Å². The molecule has 0 aliphatic heterocycles. The summed E-state index contributed by atoms with van der Waals surface area (Å²) in [5, 5.41) is 2.70. The number of anilines is 1. The van der Waals surface area contributed by atoms with E-state index in [1.165, 1.54) is 6.07 Å². The van der Waals surface area contributed by atoms with Gasteiger partial charge in [0.15, 0.2) is 0 Å². The molecule has 3 nitrogen and oxygen atoms in total. The number of rotatable bonds is 6. The Bertz CT molecular complexity index is 410. The minimum absolute atomic E-state index is 0.0404. The van der Waals surface area contributed by atoms with Crippen LogP contribution in [0.3, 0.4) is 0 Å². The number of unbranched alkanes of at least 4 members (excludes halogenated alkanes) is 2. The van der Waals surface area contributed by atoms with E-state index in [1.54, 1.807) is 0 Å². The first kappa shape index (κ1) is 16.0. The molecule has 7 heteroatoms. The summed E-state index contributed by atoms with van der Waals surface area (Å²) in [6.45, 7) is 4.00. The zero-order valence-electron chi connectivity index (χ0n) is 10.9. The van der Waals surface area contributed by atoms with Crippen LogP contribution in [0.1, 0.15) is 45.4 Å². The lowest BCUT2D eigenvalue weighted by atomic mass is 10.1. The third-order valence-corrected chi connectivity index (χ3v) is 2.78. The molecule has 0 radical (unpaired) electrons. The first-order valence-corrected chi connectivity index (χ1v) is 6.59. The molecule has 0 spiro atoms. The maximum Gasteiger partial charge on any atom is 0.451 e. The van der Waals surface area contributed by atoms with Gasteiger partial charge >= 0.3 is 6.18 Å². The summed E-state index contributed by atoms with van der Waals surface area (Å²) in [5.74, 6) is -1.11. The van der Waals surface area contributed by atoms with Gasteiger partial charge in [-0.05, 0) is 13.3 Å². The van der Waals surface area contributed by atoms with Crippen LogP contribution < -0.4 is 5.32 Å². The maximum atomic E-state index is 12.5. The van der Waals surface area contributed by atoms with Gasteiger partial charge in [-0.15, -0.1) is 0 Å². The van der Waals surface area contributed by atoms with E-state index in [0.717, 1.165) is 25.7 Å². The van der Waals surface area contributed by atoms with Crippen LogP contribution in [0, 0.1) is 0 Å². The molecule has 1 aromatic rings. The van der Waals surface area contributed by atoms with Crippen LogP contribution in [0.2, 0.25) is 5.15 Å². The number of hydrogen-bond donors (Lipinski definition) is 1. The van der Waals surface area contributed by atoms with Gasteiger partial charge in [0.05, 0.1) is 0 Å². The molecule has 0 saturated heterocycles. The fraction of sp³-hybridized carbons (Fsp3) is 0.667. The molecule has 0 fully saturated rings. The van der Waals surface area contributed by atoms with Gasteiger partial charge in [-0.2, -0.15) is 13.2 Å². The highest BCUT2D eigenvalue weighted by Crippen LogP contribution is 2.28. The van der Waals surface area contributed by atoms with Crippen LogP contribution in [-0.4, -0.2) is 16.0 Å². The van der Waals surface area contributed by atoms with Crippen molar-refractivity contribution < 1.29 is 13.2 Å². The molecule has 1 N–H and O–H groups in total. The topological polar surface area (TPSA) is 37.8 Å². The molecule has 0 amide bonds. The van der Waals surface area contributed by atoms with Gasteiger partial charge in [0.1, 0.15) is 11.0 Å². The molecular formula is C12H17ClF3N3. The molecule has 0 bridgehead atoms. The second kappa shape index (κ2) is 6.93. The quantitative estimate of drug-likeness (QED) is 0.619. The van der Waals surface area contributed by atoms with E-state index in [1.807, 2.05) is 6.92 Å². The Kier molecular flexibility index (Phi) is 5.85. The second-order valence-corrected chi connectivity index (χ2v) is 4.83. The van der Waals surface area contributed by atoms with E-state index in [-0.39, 0.29) is 17.0 Å². The largest absolute Gasteiger partial charge is 0.451 e. The molecule has 1 aromatic heterocycles. The fourth-order valence-electron chi connectivity index (χ4n) is 1.64. The standard InChI is InChI=1S/C12H17ClF3N3/c1-3-4-5-6-8(2)17-10-7-9(13)18-11(19-10)12(14,15)16/h7-8H,3-6H2,1-2H3,(H,17,18,19). The zero-order valence-corrected chi connectivity index (χ0v) is 11.6. The number of nitrogens with zero attached hydrogens (tertiary/aromatic N) is 2. The summed E-state index contributed by atoms with van der Waals surface area (Å²) in [7, 11) is 0. The number of alkyl halides is 3. The van der Waals surface area contributed by atoms with Crippen LogP contribution in [-0.2, 0) is 6.18 Å². The Hall–Kier alpha value is -1.04. The summed E-state index contributed by atoms with van der Waals surface area (Å²) < 4.78 is 37.6. The third kappa shape index (κ3) is 5.63. The molecular weight excluding hydrogens is 279 g/mol. The van der Waals surface area contributed by atoms with Crippen LogP contribution >= 0.6 is 11.6 Å². The minimum Gasteiger partial charge on any atom is -0.367 e. The number of halogens is 4. The minimum atomic E-state index is -4.59. The smallest absolute Gasteiger partial charge is 0.367 e. The summed E-state index contributed by atoms with van der Waals surface area (Å²) in [6.07, 6.45) is -0.492. The van der Waals surface area contributed by atoms with Crippen LogP contribution in [0.15, 0.2) is 6.07 Å². The number of aromatic nitrogens is 2. The zero-order chi connectivity index (χ0) is 14.5. The lowest BCUT2D eigenvalue weighted by Gasteiger charge is -2.15. The van der Waals surface area contributed by atoms with Gasteiger partial charge in [0.25, 0.3) is 0 Å². The Morgan fingerprint density at radius 3 is 2.58 bits per heavy atom. The normalized spacial score (nSPS) is 13.4. The van der Waals surface area contributed by atoms with Gasteiger partial charge in [0, 0.05) is 12.1 Å². The first-order valence-electron chi connectivity index (χ1n) is 6.21. The monoisotopic (exact) mass is 295 g/mol. The lowest BCUT2D eigenvalue weighted by molar-refractivity contribution is -0.144. The number of nitrogens with one attached hydrogen (secondary N) is 1. The van der Waals surface area contributed by atoms with Crippen molar-refractivity contribution in [2.45, 2.75) is 51.7 Å².